The van der Waals surface area contributed by atoms with Crippen LogP contribution in [0.25, 0.3) is 0 Å². The van der Waals surface area contributed by atoms with E-state index < -0.39 is 0 Å². The molecular formula is C21H34N2O2. The van der Waals surface area contributed by atoms with E-state index in [0.717, 1.165) is 51.5 Å². The van der Waals surface area contributed by atoms with E-state index in [0.29, 0.717) is 12.2 Å². The summed E-state index contributed by atoms with van der Waals surface area (Å²) in [5, 5.41) is 4.26. The fourth-order valence-corrected chi connectivity index (χ4v) is 2.51. The van der Waals surface area contributed by atoms with E-state index in [-0.39, 0.29) is 5.97 Å². The van der Waals surface area contributed by atoms with Crippen LogP contribution in [0.5, 0.6) is 0 Å². The molecule has 25 heavy (non-hydrogen) atoms. The number of carbonyl (C=O) groups is 1. The average molecular weight is 347 g/mol. The number of hydrogen-bond acceptors (Lipinski definition) is 3. The van der Waals surface area contributed by atoms with E-state index in [1.54, 1.807) is 12.4 Å². The summed E-state index contributed by atoms with van der Waals surface area (Å²) in [5.41, 5.74) is 0.558. The van der Waals surface area contributed by atoms with E-state index in [4.69, 9.17) is 4.74 Å². The van der Waals surface area contributed by atoms with Gasteiger partial charge in [-0.2, -0.15) is 5.10 Å². The molecule has 0 aromatic carbocycles. The molecule has 0 saturated heterocycles. The predicted molar refractivity (Wildman–Crippen MR) is 102 cm³/mol. The van der Waals surface area contributed by atoms with Gasteiger partial charge in [0.25, 0.3) is 0 Å². The van der Waals surface area contributed by atoms with E-state index >= 15 is 0 Å². The first kappa shape index (κ1) is 21.3. The second-order valence-corrected chi connectivity index (χ2v) is 6.46. The standard InChI is InChI=1S/C21H34N2O2/c1-3-5-7-8-9-10-11-12-13-14-16-23-19-20(18-22-23)21(24)25-17-15-6-4-2/h18-19H,3-6,9-17H2,1-2H3. The minimum absolute atomic E-state index is 0.258. The Morgan fingerprint density at radius 2 is 1.76 bits per heavy atom. The predicted octanol–water partition coefficient (Wildman–Crippen LogP) is 5.37. The normalized spacial score (nSPS) is 10.3. The molecule has 0 spiro atoms. The third-order valence-electron chi connectivity index (χ3n) is 4.04. The number of rotatable bonds is 13. The number of carbonyl (C=O) groups excluding carboxylic acids is 1. The highest BCUT2D eigenvalue weighted by Crippen LogP contribution is 2.08. The smallest absolute Gasteiger partial charge is 0.341 e. The summed E-state index contributed by atoms with van der Waals surface area (Å²) < 4.78 is 7.09. The summed E-state index contributed by atoms with van der Waals surface area (Å²) in [5.74, 6) is 6.16. The Morgan fingerprint density at radius 3 is 2.56 bits per heavy atom. The molecule has 4 heteroatoms. The van der Waals surface area contributed by atoms with Gasteiger partial charge in [-0.25, -0.2) is 4.79 Å². The Kier molecular flexibility index (Phi) is 12.4. The molecule has 1 aromatic rings. The monoisotopic (exact) mass is 346 g/mol. The molecule has 0 aliphatic carbocycles. The zero-order valence-corrected chi connectivity index (χ0v) is 16.1. The molecule has 0 fully saturated rings. The molecule has 0 atom stereocenters. The third-order valence-corrected chi connectivity index (χ3v) is 4.04. The Morgan fingerprint density at radius 1 is 1.00 bits per heavy atom. The Labute approximate surface area is 153 Å². The van der Waals surface area contributed by atoms with Gasteiger partial charge in [-0.1, -0.05) is 46.0 Å². The van der Waals surface area contributed by atoms with Crippen molar-refractivity contribution in [3.05, 3.63) is 18.0 Å². The maximum Gasteiger partial charge on any atom is 0.341 e. The molecular weight excluding hydrogens is 312 g/mol. The highest BCUT2D eigenvalue weighted by Gasteiger charge is 2.09. The lowest BCUT2D eigenvalue weighted by Gasteiger charge is -2.02. The number of esters is 1. The SMILES string of the molecule is CCCC#CCCCCCCCn1cc(C(=O)OCCCCC)cn1. The van der Waals surface area contributed by atoms with Crippen LogP contribution >= 0.6 is 0 Å². The van der Waals surface area contributed by atoms with Gasteiger partial charge in [0.2, 0.25) is 0 Å². The van der Waals surface area contributed by atoms with Crippen LogP contribution in [0.1, 0.15) is 94.8 Å². The first-order valence-corrected chi connectivity index (χ1v) is 9.93. The van der Waals surface area contributed by atoms with Crippen molar-refractivity contribution in [1.29, 1.82) is 0 Å². The number of nitrogens with zero attached hydrogens (tertiary/aromatic N) is 2. The molecule has 0 bridgehead atoms. The molecule has 0 unspecified atom stereocenters. The zero-order chi connectivity index (χ0) is 18.2. The van der Waals surface area contributed by atoms with Gasteiger partial charge in [0.1, 0.15) is 0 Å². The summed E-state index contributed by atoms with van der Waals surface area (Å²) in [6.45, 7) is 5.65. The van der Waals surface area contributed by atoms with Crippen molar-refractivity contribution < 1.29 is 9.53 Å². The van der Waals surface area contributed by atoms with Crippen LogP contribution in [-0.2, 0) is 11.3 Å². The van der Waals surface area contributed by atoms with Crippen molar-refractivity contribution in [1.82, 2.24) is 9.78 Å². The summed E-state index contributed by atoms with van der Waals surface area (Å²) in [6.07, 6.45) is 15.7. The van der Waals surface area contributed by atoms with Gasteiger partial charge in [-0.3, -0.25) is 4.68 Å². The summed E-state index contributed by atoms with van der Waals surface area (Å²) in [6, 6.07) is 0. The molecule has 1 heterocycles. The number of aromatic nitrogens is 2. The van der Waals surface area contributed by atoms with Crippen LogP contribution < -0.4 is 0 Å². The quantitative estimate of drug-likeness (QED) is 0.274. The van der Waals surface area contributed by atoms with Crippen molar-refractivity contribution in [3.8, 4) is 11.8 Å². The molecule has 0 aliphatic rings. The summed E-state index contributed by atoms with van der Waals surface area (Å²) in [4.78, 5) is 11.9. The fourth-order valence-electron chi connectivity index (χ4n) is 2.51. The molecule has 140 valence electrons. The highest BCUT2D eigenvalue weighted by molar-refractivity contribution is 5.88. The molecule has 0 saturated carbocycles. The lowest BCUT2D eigenvalue weighted by atomic mass is 10.1. The fraction of sp³-hybridized carbons (Fsp3) is 0.714. The van der Waals surface area contributed by atoms with E-state index in [1.165, 1.54) is 25.7 Å². The molecule has 0 N–H and O–H groups in total. The summed E-state index contributed by atoms with van der Waals surface area (Å²) in [7, 11) is 0. The van der Waals surface area contributed by atoms with Crippen molar-refractivity contribution in [2.24, 2.45) is 0 Å². The summed E-state index contributed by atoms with van der Waals surface area (Å²) >= 11 is 0. The van der Waals surface area contributed by atoms with Crippen LogP contribution in [0.3, 0.4) is 0 Å². The van der Waals surface area contributed by atoms with Gasteiger partial charge in [0, 0.05) is 25.6 Å². The Balaban J connectivity index is 2.07. The topological polar surface area (TPSA) is 44.1 Å². The van der Waals surface area contributed by atoms with Crippen molar-refractivity contribution in [3.63, 3.8) is 0 Å². The van der Waals surface area contributed by atoms with Crippen LogP contribution in [0.2, 0.25) is 0 Å². The Hall–Kier alpha value is -1.76. The number of hydrogen-bond donors (Lipinski definition) is 0. The number of unbranched alkanes of at least 4 members (excludes halogenated alkanes) is 8. The molecule has 0 radical (unpaired) electrons. The molecule has 1 rings (SSSR count). The Bertz CT molecular complexity index is 525. The highest BCUT2D eigenvalue weighted by atomic mass is 16.5. The zero-order valence-electron chi connectivity index (χ0n) is 16.1. The molecule has 0 amide bonds. The van der Waals surface area contributed by atoms with Gasteiger partial charge >= 0.3 is 5.97 Å². The van der Waals surface area contributed by atoms with Gasteiger partial charge < -0.3 is 4.74 Å². The van der Waals surface area contributed by atoms with Crippen molar-refractivity contribution in [2.45, 2.75) is 91.0 Å². The van der Waals surface area contributed by atoms with Gasteiger partial charge in [0.15, 0.2) is 0 Å². The molecule has 4 nitrogen and oxygen atoms in total. The molecule has 0 aliphatic heterocycles. The van der Waals surface area contributed by atoms with Crippen LogP contribution in [0.15, 0.2) is 12.4 Å². The van der Waals surface area contributed by atoms with E-state index in [9.17, 15) is 4.79 Å². The van der Waals surface area contributed by atoms with E-state index in [2.05, 4.69) is 30.8 Å². The number of ether oxygens (including phenoxy) is 1. The van der Waals surface area contributed by atoms with Gasteiger partial charge in [-0.05, 0) is 25.7 Å². The van der Waals surface area contributed by atoms with Gasteiger partial charge in [-0.15, -0.1) is 11.8 Å². The van der Waals surface area contributed by atoms with E-state index in [1.807, 2.05) is 4.68 Å². The lowest BCUT2D eigenvalue weighted by molar-refractivity contribution is 0.0498. The minimum Gasteiger partial charge on any atom is -0.462 e. The molecule has 1 aromatic heterocycles. The van der Waals surface area contributed by atoms with Crippen LogP contribution in [0.4, 0.5) is 0 Å². The second-order valence-electron chi connectivity index (χ2n) is 6.46. The first-order chi connectivity index (χ1) is 12.3. The maximum atomic E-state index is 11.9. The number of aryl methyl sites for hydroxylation is 1. The van der Waals surface area contributed by atoms with Crippen LogP contribution in [-0.4, -0.2) is 22.4 Å². The first-order valence-electron chi connectivity index (χ1n) is 9.93. The largest absolute Gasteiger partial charge is 0.462 e. The lowest BCUT2D eigenvalue weighted by Crippen LogP contribution is -2.05. The van der Waals surface area contributed by atoms with Crippen molar-refractivity contribution >= 4 is 5.97 Å². The maximum absolute atomic E-state index is 11.9. The second kappa shape index (κ2) is 14.6. The van der Waals surface area contributed by atoms with Crippen molar-refractivity contribution in [2.75, 3.05) is 6.61 Å². The average Bonchev–Trinajstić information content (AvgIpc) is 3.09. The van der Waals surface area contributed by atoms with Gasteiger partial charge in [0.05, 0.1) is 18.4 Å². The van der Waals surface area contributed by atoms with Crippen LogP contribution in [0, 0.1) is 11.8 Å². The minimum atomic E-state index is -0.258. The third kappa shape index (κ3) is 10.7.